The van der Waals surface area contributed by atoms with Crippen molar-refractivity contribution in [1.82, 2.24) is 5.32 Å². The SMILES string of the molecule is C[C@H](NCCSC(F)(F)F)c1ccc(F)cc1. The molecule has 0 aliphatic carbocycles. The lowest BCUT2D eigenvalue weighted by Crippen LogP contribution is -2.22. The lowest BCUT2D eigenvalue weighted by atomic mass is 10.1. The van der Waals surface area contributed by atoms with Crippen LogP contribution in [0.1, 0.15) is 18.5 Å². The zero-order valence-corrected chi connectivity index (χ0v) is 10.0. The van der Waals surface area contributed by atoms with Gasteiger partial charge in [-0.3, -0.25) is 0 Å². The predicted octanol–water partition coefficient (Wildman–Crippen LogP) is 3.73. The van der Waals surface area contributed by atoms with Gasteiger partial charge in [-0.25, -0.2) is 4.39 Å². The fourth-order valence-electron chi connectivity index (χ4n) is 1.31. The Morgan fingerprint density at radius 3 is 2.35 bits per heavy atom. The fourth-order valence-corrected chi connectivity index (χ4v) is 1.76. The van der Waals surface area contributed by atoms with Crippen LogP contribution in [0.25, 0.3) is 0 Å². The number of thioether (sulfide) groups is 1. The second kappa shape index (κ2) is 6.26. The molecule has 96 valence electrons. The molecule has 0 spiro atoms. The predicted molar refractivity (Wildman–Crippen MR) is 61.3 cm³/mol. The topological polar surface area (TPSA) is 12.0 Å². The summed E-state index contributed by atoms with van der Waals surface area (Å²) in [6.45, 7) is 2.08. The van der Waals surface area contributed by atoms with Gasteiger partial charge in [-0.1, -0.05) is 12.1 Å². The van der Waals surface area contributed by atoms with Crippen molar-refractivity contribution in [1.29, 1.82) is 0 Å². The van der Waals surface area contributed by atoms with Gasteiger partial charge in [0.15, 0.2) is 0 Å². The van der Waals surface area contributed by atoms with Gasteiger partial charge in [0.2, 0.25) is 0 Å². The van der Waals surface area contributed by atoms with Crippen LogP contribution < -0.4 is 5.32 Å². The number of hydrogen-bond donors (Lipinski definition) is 1. The van der Waals surface area contributed by atoms with Crippen LogP contribution in [-0.4, -0.2) is 17.8 Å². The Labute approximate surface area is 102 Å². The van der Waals surface area contributed by atoms with E-state index in [1.807, 2.05) is 6.92 Å². The minimum absolute atomic E-state index is 0.0327. The molecule has 1 nitrogen and oxygen atoms in total. The van der Waals surface area contributed by atoms with Gasteiger partial charge in [0.05, 0.1) is 0 Å². The first-order chi connectivity index (χ1) is 7.88. The van der Waals surface area contributed by atoms with E-state index in [1.54, 1.807) is 12.1 Å². The minimum atomic E-state index is -4.18. The summed E-state index contributed by atoms with van der Waals surface area (Å²) < 4.78 is 48.2. The molecule has 0 fully saturated rings. The van der Waals surface area contributed by atoms with E-state index in [1.165, 1.54) is 12.1 Å². The van der Waals surface area contributed by atoms with Crippen LogP contribution in [0.15, 0.2) is 24.3 Å². The average molecular weight is 267 g/mol. The Morgan fingerprint density at radius 1 is 1.24 bits per heavy atom. The van der Waals surface area contributed by atoms with Crippen molar-refractivity contribution in [3.05, 3.63) is 35.6 Å². The molecule has 0 bridgehead atoms. The first-order valence-electron chi connectivity index (χ1n) is 5.08. The summed E-state index contributed by atoms with van der Waals surface area (Å²) in [5, 5.41) is 2.95. The van der Waals surface area contributed by atoms with Crippen LogP contribution >= 0.6 is 11.8 Å². The van der Waals surface area contributed by atoms with Crippen LogP contribution in [0.3, 0.4) is 0 Å². The molecular formula is C11H13F4NS. The smallest absolute Gasteiger partial charge is 0.309 e. The van der Waals surface area contributed by atoms with Gasteiger partial charge in [0.25, 0.3) is 0 Å². The molecular weight excluding hydrogens is 254 g/mol. The van der Waals surface area contributed by atoms with Gasteiger partial charge in [0, 0.05) is 18.3 Å². The molecule has 0 heterocycles. The van der Waals surface area contributed by atoms with Crippen molar-refractivity contribution < 1.29 is 17.6 Å². The minimum Gasteiger partial charge on any atom is -0.309 e. The number of hydrogen-bond acceptors (Lipinski definition) is 2. The maximum Gasteiger partial charge on any atom is 0.441 e. The second-order valence-electron chi connectivity index (χ2n) is 3.52. The number of rotatable bonds is 5. The van der Waals surface area contributed by atoms with Crippen molar-refractivity contribution in [2.45, 2.75) is 18.5 Å². The standard InChI is InChI=1S/C11H13F4NS/c1-8(9-2-4-10(12)5-3-9)16-6-7-17-11(13,14)15/h2-5,8,16H,6-7H2,1H3/t8-/m0/s1. The number of alkyl halides is 3. The Bertz CT molecular complexity index is 336. The summed E-state index contributed by atoms with van der Waals surface area (Å²) in [6.07, 6.45) is 0. The Kier molecular flexibility index (Phi) is 5.27. The monoisotopic (exact) mass is 267 g/mol. The summed E-state index contributed by atoms with van der Waals surface area (Å²) in [5.74, 6) is -0.358. The highest BCUT2D eigenvalue weighted by Crippen LogP contribution is 2.29. The molecule has 1 aromatic rings. The maximum atomic E-state index is 12.6. The maximum absolute atomic E-state index is 12.6. The van der Waals surface area contributed by atoms with Gasteiger partial charge in [-0.2, -0.15) is 13.2 Å². The Balaban J connectivity index is 2.30. The van der Waals surface area contributed by atoms with Crippen molar-refractivity contribution in [3.8, 4) is 0 Å². The quantitative estimate of drug-likeness (QED) is 0.644. The van der Waals surface area contributed by atoms with Crippen LogP contribution in [0.4, 0.5) is 17.6 Å². The Hall–Kier alpha value is -0.750. The van der Waals surface area contributed by atoms with Gasteiger partial charge >= 0.3 is 5.51 Å². The van der Waals surface area contributed by atoms with E-state index in [-0.39, 0.29) is 35.9 Å². The molecule has 0 aliphatic heterocycles. The first kappa shape index (κ1) is 14.3. The molecule has 6 heteroatoms. The lowest BCUT2D eigenvalue weighted by Gasteiger charge is -2.14. The van der Waals surface area contributed by atoms with Gasteiger partial charge in [0.1, 0.15) is 5.82 Å². The highest BCUT2D eigenvalue weighted by atomic mass is 32.2. The third kappa shape index (κ3) is 5.93. The largest absolute Gasteiger partial charge is 0.441 e. The molecule has 0 unspecified atom stereocenters. The summed E-state index contributed by atoms with van der Waals surface area (Å²) in [6, 6.07) is 5.80. The van der Waals surface area contributed by atoms with Crippen molar-refractivity contribution in [3.63, 3.8) is 0 Å². The molecule has 0 aromatic heterocycles. The molecule has 17 heavy (non-hydrogen) atoms. The molecule has 0 saturated heterocycles. The van der Waals surface area contributed by atoms with Crippen LogP contribution in [-0.2, 0) is 0 Å². The highest BCUT2D eigenvalue weighted by molar-refractivity contribution is 8.00. The zero-order valence-electron chi connectivity index (χ0n) is 9.22. The lowest BCUT2D eigenvalue weighted by molar-refractivity contribution is -0.0327. The van der Waals surface area contributed by atoms with E-state index < -0.39 is 5.51 Å². The van der Waals surface area contributed by atoms with Crippen molar-refractivity contribution in [2.75, 3.05) is 12.3 Å². The van der Waals surface area contributed by atoms with Crippen LogP contribution in [0.2, 0.25) is 0 Å². The van der Waals surface area contributed by atoms with E-state index in [4.69, 9.17) is 0 Å². The van der Waals surface area contributed by atoms with Crippen molar-refractivity contribution >= 4 is 11.8 Å². The number of halogens is 4. The molecule has 1 atom stereocenters. The zero-order chi connectivity index (χ0) is 12.9. The highest BCUT2D eigenvalue weighted by Gasteiger charge is 2.27. The molecule has 0 aliphatic rings. The molecule has 0 amide bonds. The normalized spacial score (nSPS) is 13.7. The molecule has 1 aromatic carbocycles. The number of benzene rings is 1. The fraction of sp³-hybridized carbons (Fsp3) is 0.455. The van der Waals surface area contributed by atoms with Crippen molar-refractivity contribution in [2.24, 2.45) is 0 Å². The molecule has 1 N–H and O–H groups in total. The van der Waals surface area contributed by atoms with Crippen LogP contribution in [0, 0.1) is 5.82 Å². The van der Waals surface area contributed by atoms with E-state index in [2.05, 4.69) is 5.32 Å². The van der Waals surface area contributed by atoms with Gasteiger partial charge in [-0.05, 0) is 36.4 Å². The second-order valence-corrected chi connectivity index (χ2v) is 4.68. The summed E-state index contributed by atoms with van der Waals surface area (Å²) in [5.41, 5.74) is -3.33. The summed E-state index contributed by atoms with van der Waals surface area (Å²) >= 11 is -0.0493. The molecule has 1 rings (SSSR count). The number of nitrogens with one attached hydrogen (secondary N) is 1. The van der Waals surface area contributed by atoms with Gasteiger partial charge < -0.3 is 5.32 Å². The third-order valence-electron chi connectivity index (χ3n) is 2.19. The van der Waals surface area contributed by atoms with E-state index >= 15 is 0 Å². The molecule has 0 saturated carbocycles. The van der Waals surface area contributed by atoms with E-state index in [0.717, 1.165) is 5.56 Å². The molecule has 0 radical (unpaired) electrons. The van der Waals surface area contributed by atoms with Gasteiger partial charge in [-0.15, -0.1) is 0 Å². The van der Waals surface area contributed by atoms with E-state index in [0.29, 0.717) is 0 Å². The average Bonchev–Trinajstić information content (AvgIpc) is 2.24. The Morgan fingerprint density at radius 2 is 1.82 bits per heavy atom. The van der Waals surface area contributed by atoms with E-state index in [9.17, 15) is 17.6 Å². The summed E-state index contributed by atoms with van der Waals surface area (Å²) in [7, 11) is 0. The summed E-state index contributed by atoms with van der Waals surface area (Å²) in [4.78, 5) is 0. The first-order valence-corrected chi connectivity index (χ1v) is 6.06. The van der Waals surface area contributed by atoms with Crippen LogP contribution in [0.5, 0.6) is 0 Å². The third-order valence-corrected chi connectivity index (χ3v) is 2.92.